The molecule has 0 aliphatic rings. The molecule has 1 atom stereocenters. The zero-order valence-electron chi connectivity index (χ0n) is 17.3. The number of nitrogens with one attached hydrogen (secondary N) is 3. The lowest BCUT2D eigenvalue weighted by atomic mass is 10.1. The van der Waals surface area contributed by atoms with E-state index in [4.69, 9.17) is 5.73 Å². The van der Waals surface area contributed by atoms with E-state index in [1.54, 1.807) is 30.6 Å². The number of aromatic nitrogens is 3. The van der Waals surface area contributed by atoms with Crippen LogP contribution in [0.2, 0.25) is 0 Å². The molecule has 0 amide bonds. The molecule has 4 aromatic rings. The van der Waals surface area contributed by atoms with Crippen LogP contribution in [0.3, 0.4) is 0 Å². The number of H-pyrrole nitrogens is 2. The van der Waals surface area contributed by atoms with Gasteiger partial charge in [0.05, 0.1) is 29.4 Å². The Balaban J connectivity index is 1.75. The van der Waals surface area contributed by atoms with Crippen LogP contribution in [0.25, 0.3) is 22.4 Å². The van der Waals surface area contributed by atoms with Gasteiger partial charge in [0.2, 0.25) is 0 Å². The molecule has 0 fully saturated rings. The molecule has 6 N–H and O–H groups in total. The number of fused-ring (bicyclic) bond motifs is 1. The third kappa shape index (κ3) is 4.23. The van der Waals surface area contributed by atoms with Gasteiger partial charge in [0.25, 0.3) is 5.56 Å². The van der Waals surface area contributed by atoms with Gasteiger partial charge in [-0.05, 0) is 42.1 Å². The van der Waals surface area contributed by atoms with E-state index in [9.17, 15) is 9.90 Å². The molecule has 9 heteroatoms. The number of anilines is 1. The number of hydrogen-bond acceptors (Lipinski definition) is 6. The number of nitrogens with zero attached hydrogens (tertiary/aromatic N) is 2. The summed E-state index contributed by atoms with van der Waals surface area (Å²) in [6.07, 6.45) is 2.23. The molecule has 0 bridgehead atoms. The van der Waals surface area contributed by atoms with Crippen molar-refractivity contribution >= 4 is 33.9 Å². The van der Waals surface area contributed by atoms with E-state index in [1.807, 2.05) is 36.6 Å². The number of nitrogens with two attached hydrogens (primary N) is 1. The number of benzene rings is 1. The predicted octanol–water partition coefficient (Wildman–Crippen LogP) is 2.64. The Bertz CT molecular complexity index is 1290. The number of aliphatic hydroxyl groups is 1. The Morgan fingerprint density at radius 1 is 1.39 bits per heavy atom. The molecule has 160 valence electrons. The van der Waals surface area contributed by atoms with Crippen LogP contribution in [0.15, 0.2) is 51.7 Å². The number of imidazole rings is 1. The molecule has 0 saturated carbocycles. The van der Waals surface area contributed by atoms with E-state index in [1.165, 1.54) is 0 Å². The van der Waals surface area contributed by atoms with Crippen molar-refractivity contribution in [3.63, 3.8) is 0 Å². The first-order valence-electron chi connectivity index (χ1n) is 9.85. The van der Waals surface area contributed by atoms with Crippen LogP contribution >= 0.6 is 11.3 Å². The molecule has 0 saturated heterocycles. The highest BCUT2D eigenvalue weighted by Gasteiger charge is 2.18. The lowest BCUT2D eigenvalue weighted by Crippen LogP contribution is -2.27. The van der Waals surface area contributed by atoms with Crippen LogP contribution < -0.4 is 16.6 Å². The first-order valence-corrected chi connectivity index (χ1v) is 10.7. The highest BCUT2D eigenvalue weighted by atomic mass is 32.1. The standard InChI is InChI=1S/C22H24N6O2S/c1-12-8-13(20(23)24-2)9-17-19(12)28-21(27-17)18-16(5-6-25-22(18)30)26-14(11-29)10-15-4-3-7-31-15/h3-9,14,29H,10-11H2,1-2H3,(H2,23,24)(H,27,28)(H2,25,26,30). The largest absolute Gasteiger partial charge is 0.394 e. The second-order valence-corrected chi connectivity index (χ2v) is 8.32. The Labute approximate surface area is 182 Å². The maximum absolute atomic E-state index is 12.8. The van der Waals surface area contributed by atoms with Gasteiger partial charge < -0.3 is 26.1 Å². The Kier molecular flexibility index (Phi) is 5.88. The monoisotopic (exact) mass is 436 g/mol. The van der Waals surface area contributed by atoms with Gasteiger partial charge in [-0.2, -0.15) is 0 Å². The van der Waals surface area contributed by atoms with Gasteiger partial charge in [0, 0.05) is 30.1 Å². The second kappa shape index (κ2) is 8.75. The average Bonchev–Trinajstić information content (AvgIpc) is 3.42. The van der Waals surface area contributed by atoms with Gasteiger partial charge in [-0.3, -0.25) is 9.79 Å². The fourth-order valence-corrected chi connectivity index (χ4v) is 4.36. The molecule has 8 nitrogen and oxygen atoms in total. The Morgan fingerprint density at radius 2 is 2.23 bits per heavy atom. The maximum Gasteiger partial charge on any atom is 0.261 e. The second-order valence-electron chi connectivity index (χ2n) is 7.29. The molecule has 1 aromatic carbocycles. The summed E-state index contributed by atoms with van der Waals surface area (Å²) in [5.41, 5.74) is 9.93. The third-order valence-electron chi connectivity index (χ3n) is 5.12. The Morgan fingerprint density at radius 3 is 2.94 bits per heavy atom. The molecule has 0 spiro atoms. The molecule has 3 heterocycles. The zero-order valence-corrected chi connectivity index (χ0v) is 18.1. The molecule has 1 unspecified atom stereocenters. The summed E-state index contributed by atoms with van der Waals surface area (Å²) in [6.45, 7) is 1.87. The molecule has 0 aliphatic carbocycles. The smallest absolute Gasteiger partial charge is 0.261 e. The summed E-state index contributed by atoms with van der Waals surface area (Å²) in [7, 11) is 1.64. The van der Waals surface area contributed by atoms with Crippen LogP contribution in [-0.2, 0) is 6.42 Å². The average molecular weight is 437 g/mol. The molecular formula is C22H24N6O2S. The third-order valence-corrected chi connectivity index (χ3v) is 6.02. The molecule has 0 radical (unpaired) electrons. The van der Waals surface area contributed by atoms with E-state index in [-0.39, 0.29) is 18.2 Å². The number of aryl methyl sites for hydroxylation is 1. The van der Waals surface area contributed by atoms with Gasteiger partial charge in [0.15, 0.2) is 0 Å². The lowest BCUT2D eigenvalue weighted by molar-refractivity contribution is 0.274. The van der Waals surface area contributed by atoms with Crippen molar-refractivity contribution in [3.8, 4) is 11.4 Å². The van der Waals surface area contributed by atoms with E-state index in [2.05, 4.69) is 25.3 Å². The summed E-state index contributed by atoms with van der Waals surface area (Å²) in [5, 5.41) is 15.2. The van der Waals surface area contributed by atoms with Crippen molar-refractivity contribution in [3.05, 3.63) is 68.3 Å². The minimum absolute atomic E-state index is 0.0671. The summed E-state index contributed by atoms with van der Waals surface area (Å²) >= 11 is 1.63. The predicted molar refractivity (Wildman–Crippen MR) is 126 cm³/mol. The summed E-state index contributed by atoms with van der Waals surface area (Å²) in [6, 6.07) is 9.34. The van der Waals surface area contributed by atoms with Crippen molar-refractivity contribution in [2.75, 3.05) is 19.0 Å². The van der Waals surface area contributed by atoms with Gasteiger partial charge in [-0.25, -0.2) is 4.98 Å². The molecule has 0 aliphatic heterocycles. The van der Waals surface area contributed by atoms with Crippen LogP contribution in [-0.4, -0.2) is 45.6 Å². The minimum atomic E-state index is -0.274. The highest BCUT2D eigenvalue weighted by molar-refractivity contribution is 7.09. The van der Waals surface area contributed by atoms with Gasteiger partial charge in [-0.1, -0.05) is 6.07 Å². The normalized spacial score (nSPS) is 12.9. The zero-order chi connectivity index (χ0) is 22.0. The van der Waals surface area contributed by atoms with E-state index in [0.29, 0.717) is 29.3 Å². The number of hydrogen-bond donors (Lipinski definition) is 5. The van der Waals surface area contributed by atoms with Crippen LogP contribution in [0.4, 0.5) is 5.69 Å². The fraction of sp³-hybridized carbons (Fsp3) is 0.227. The van der Waals surface area contributed by atoms with Crippen LogP contribution in [0.1, 0.15) is 16.0 Å². The number of amidine groups is 1. The summed E-state index contributed by atoms with van der Waals surface area (Å²) in [5.74, 6) is 0.875. The SMILES string of the molecule is CN=C(N)c1cc(C)c2nc(-c3c(NC(CO)Cc4cccs4)cc[nH]c3=O)[nH]c2c1. The number of aliphatic imine (C=N–C) groups is 1. The maximum atomic E-state index is 12.8. The lowest BCUT2D eigenvalue weighted by Gasteiger charge is -2.18. The highest BCUT2D eigenvalue weighted by Crippen LogP contribution is 2.27. The van der Waals surface area contributed by atoms with Gasteiger partial charge in [0.1, 0.15) is 17.2 Å². The van der Waals surface area contributed by atoms with Gasteiger partial charge in [-0.15, -0.1) is 11.3 Å². The van der Waals surface area contributed by atoms with Gasteiger partial charge >= 0.3 is 0 Å². The first kappa shape index (κ1) is 20.8. The quantitative estimate of drug-likeness (QED) is 0.224. The van der Waals surface area contributed by atoms with Crippen molar-refractivity contribution in [2.45, 2.75) is 19.4 Å². The van der Waals surface area contributed by atoms with Crippen molar-refractivity contribution < 1.29 is 5.11 Å². The van der Waals surface area contributed by atoms with Crippen LogP contribution in [0.5, 0.6) is 0 Å². The summed E-state index contributed by atoms with van der Waals surface area (Å²) < 4.78 is 0. The number of thiophene rings is 1. The fourth-order valence-electron chi connectivity index (χ4n) is 3.57. The number of aromatic amines is 2. The summed E-state index contributed by atoms with van der Waals surface area (Å²) in [4.78, 5) is 28.6. The van der Waals surface area contributed by atoms with Crippen molar-refractivity contribution in [1.29, 1.82) is 0 Å². The number of aliphatic hydroxyl groups excluding tert-OH is 1. The topological polar surface area (TPSA) is 132 Å². The van der Waals surface area contributed by atoms with Crippen molar-refractivity contribution in [1.82, 2.24) is 15.0 Å². The molecular weight excluding hydrogens is 412 g/mol. The van der Waals surface area contributed by atoms with E-state index >= 15 is 0 Å². The molecule has 3 aromatic heterocycles. The Hall–Kier alpha value is -3.43. The van der Waals surface area contributed by atoms with Crippen LogP contribution in [0, 0.1) is 6.92 Å². The first-order chi connectivity index (χ1) is 15.0. The number of pyridine rings is 1. The van der Waals surface area contributed by atoms with E-state index < -0.39 is 0 Å². The minimum Gasteiger partial charge on any atom is -0.394 e. The molecule has 31 heavy (non-hydrogen) atoms. The molecule has 4 rings (SSSR count). The van der Waals surface area contributed by atoms with Crippen molar-refractivity contribution in [2.24, 2.45) is 10.7 Å². The number of rotatable bonds is 7. The van der Waals surface area contributed by atoms with E-state index in [0.717, 1.165) is 27.0 Å².